The van der Waals surface area contributed by atoms with E-state index in [-0.39, 0.29) is 30.0 Å². The highest BCUT2D eigenvalue weighted by atomic mass is 32.1. The number of likely N-dealkylation sites (tertiary alicyclic amines) is 1. The lowest BCUT2D eigenvalue weighted by Crippen LogP contribution is -2.36. The van der Waals surface area contributed by atoms with Crippen molar-refractivity contribution in [1.29, 1.82) is 0 Å². The fourth-order valence-electron chi connectivity index (χ4n) is 4.37. The van der Waals surface area contributed by atoms with Crippen LogP contribution in [0.5, 0.6) is 0 Å². The number of rotatable bonds is 7. The summed E-state index contributed by atoms with van der Waals surface area (Å²) in [6, 6.07) is 12.4. The molecule has 0 saturated carbocycles. The third kappa shape index (κ3) is 3.87. The lowest BCUT2D eigenvalue weighted by atomic mass is 10.1. The van der Waals surface area contributed by atoms with E-state index in [4.69, 9.17) is 4.42 Å². The van der Waals surface area contributed by atoms with Gasteiger partial charge in [0.25, 0.3) is 17.7 Å². The van der Waals surface area contributed by atoms with Crippen LogP contribution in [-0.2, 0) is 6.54 Å². The smallest absolute Gasteiger partial charge is 0.261 e. The standard InChI is InChI=1S/C24H23N3O4S/c28-22(25-14-20(21-6-4-12-32-21)26-9-1-2-10-26)16-7-8-18-19(13-16)24(30)27(23(18)29)15-17-5-3-11-31-17/h3-8,11-13,20H,1-2,9-10,14-15H2,(H,25,28)/t20-/m0/s1. The Labute approximate surface area is 189 Å². The van der Waals surface area contributed by atoms with Crippen LogP contribution < -0.4 is 5.32 Å². The molecule has 0 unspecified atom stereocenters. The third-order valence-corrected chi connectivity index (χ3v) is 7.01. The minimum atomic E-state index is -0.412. The van der Waals surface area contributed by atoms with Gasteiger partial charge in [0.05, 0.1) is 30.0 Å². The van der Waals surface area contributed by atoms with Crippen molar-refractivity contribution in [1.82, 2.24) is 15.1 Å². The van der Waals surface area contributed by atoms with Crippen LogP contribution >= 0.6 is 11.3 Å². The van der Waals surface area contributed by atoms with Gasteiger partial charge in [0.15, 0.2) is 0 Å². The molecule has 8 heteroatoms. The van der Waals surface area contributed by atoms with E-state index in [0.717, 1.165) is 18.0 Å². The van der Waals surface area contributed by atoms with E-state index in [0.29, 0.717) is 23.4 Å². The van der Waals surface area contributed by atoms with Crippen molar-refractivity contribution in [2.75, 3.05) is 19.6 Å². The van der Waals surface area contributed by atoms with Crippen molar-refractivity contribution in [2.24, 2.45) is 0 Å². The predicted octanol–water partition coefficient (Wildman–Crippen LogP) is 3.70. The number of nitrogens with zero attached hydrogens (tertiary/aromatic N) is 2. The highest BCUT2D eigenvalue weighted by molar-refractivity contribution is 7.10. The maximum Gasteiger partial charge on any atom is 0.261 e. The highest BCUT2D eigenvalue weighted by Gasteiger charge is 2.36. The Morgan fingerprint density at radius 2 is 1.88 bits per heavy atom. The van der Waals surface area contributed by atoms with Gasteiger partial charge in [-0.05, 0) is 67.7 Å². The molecule has 4 heterocycles. The van der Waals surface area contributed by atoms with Crippen LogP contribution in [0.1, 0.15) is 60.6 Å². The quantitative estimate of drug-likeness (QED) is 0.556. The summed E-state index contributed by atoms with van der Waals surface area (Å²) in [7, 11) is 0. The molecule has 1 N–H and O–H groups in total. The number of carbonyl (C=O) groups is 3. The summed E-state index contributed by atoms with van der Waals surface area (Å²) in [6.45, 7) is 2.62. The van der Waals surface area contributed by atoms with E-state index in [1.807, 2.05) is 6.07 Å². The number of furan rings is 1. The first kappa shape index (κ1) is 20.7. The van der Waals surface area contributed by atoms with Gasteiger partial charge in [0, 0.05) is 17.0 Å². The van der Waals surface area contributed by atoms with Gasteiger partial charge < -0.3 is 9.73 Å². The van der Waals surface area contributed by atoms with E-state index in [2.05, 4.69) is 21.7 Å². The van der Waals surface area contributed by atoms with Gasteiger partial charge in [-0.25, -0.2) is 0 Å². The van der Waals surface area contributed by atoms with Crippen molar-refractivity contribution in [2.45, 2.75) is 25.4 Å². The lowest BCUT2D eigenvalue weighted by molar-refractivity contribution is 0.0631. The molecule has 3 amide bonds. The number of hydrogen-bond donors (Lipinski definition) is 1. The molecule has 7 nitrogen and oxygen atoms in total. The van der Waals surface area contributed by atoms with Gasteiger partial charge in [-0.3, -0.25) is 24.2 Å². The molecule has 2 aromatic heterocycles. The Morgan fingerprint density at radius 3 is 2.59 bits per heavy atom. The van der Waals surface area contributed by atoms with Crippen LogP contribution in [0, 0.1) is 0 Å². The highest BCUT2D eigenvalue weighted by Crippen LogP contribution is 2.29. The number of fused-ring (bicyclic) bond motifs is 1. The van der Waals surface area contributed by atoms with Gasteiger partial charge in [0.2, 0.25) is 0 Å². The molecular formula is C24H23N3O4S. The van der Waals surface area contributed by atoms with E-state index >= 15 is 0 Å². The van der Waals surface area contributed by atoms with E-state index in [9.17, 15) is 14.4 Å². The van der Waals surface area contributed by atoms with E-state index in [1.54, 1.807) is 35.6 Å². The van der Waals surface area contributed by atoms with Crippen LogP contribution in [0.3, 0.4) is 0 Å². The van der Waals surface area contributed by atoms with Crippen LogP contribution in [0.4, 0.5) is 0 Å². The molecule has 1 atom stereocenters. The zero-order valence-corrected chi connectivity index (χ0v) is 18.3. The monoisotopic (exact) mass is 449 g/mol. The minimum Gasteiger partial charge on any atom is -0.467 e. The van der Waals surface area contributed by atoms with Crippen molar-refractivity contribution in [3.8, 4) is 0 Å². The first-order chi connectivity index (χ1) is 15.6. The molecule has 2 aliphatic rings. The first-order valence-electron chi connectivity index (χ1n) is 10.7. The summed E-state index contributed by atoms with van der Waals surface area (Å²) < 4.78 is 5.27. The molecule has 0 radical (unpaired) electrons. The summed E-state index contributed by atoms with van der Waals surface area (Å²) in [4.78, 5) is 43.2. The number of hydrogen-bond acceptors (Lipinski definition) is 6. The molecule has 0 bridgehead atoms. The zero-order chi connectivity index (χ0) is 22.1. The van der Waals surface area contributed by atoms with E-state index < -0.39 is 5.91 Å². The molecule has 0 spiro atoms. The minimum absolute atomic E-state index is 0.0687. The second-order valence-electron chi connectivity index (χ2n) is 8.02. The summed E-state index contributed by atoms with van der Waals surface area (Å²) in [6.07, 6.45) is 3.85. The molecule has 1 fully saturated rings. The maximum atomic E-state index is 12.9. The summed E-state index contributed by atoms with van der Waals surface area (Å²) >= 11 is 1.70. The van der Waals surface area contributed by atoms with Crippen LogP contribution in [-0.4, -0.2) is 47.2 Å². The number of carbonyl (C=O) groups excluding carboxylic acids is 3. The second-order valence-corrected chi connectivity index (χ2v) is 9.00. The topological polar surface area (TPSA) is 82.9 Å². The Morgan fingerprint density at radius 1 is 1.06 bits per heavy atom. The normalized spacial score (nSPS) is 17.1. The van der Waals surface area contributed by atoms with Crippen molar-refractivity contribution >= 4 is 29.1 Å². The second kappa shape index (κ2) is 8.72. The molecule has 1 aromatic carbocycles. The van der Waals surface area contributed by atoms with Gasteiger partial charge in [-0.2, -0.15) is 0 Å². The zero-order valence-electron chi connectivity index (χ0n) is 17.5. The van der Waals surface area contributed by atoms with Crippen LogP contribution in [0.25, 0.3) is 0 Å². The van der Waals surface area contributed by atoms with Gasteiger partial charge in [-0.1, -0.05) is 6.07 Å². The largest absolute Gasteiger partial charge is 0.467 e. The molecule has 164 valence electrons. The van der Waals surface area contributed by atoms with Gasteiger partial charge in [0.1, 0.15) is 5.76 Å². The Bertz CT molecular complexity index is 1130. The SMILES string of the molecule is O=C(NC[C@@H](c1cccs1)N1CCCC1)c1ccc2c(c1)C(=O)N(Cc1ccco1)C2=O. The third-order valence-electron chi connectivity index (χ3n) is 6.04. The fraction of sp³-hybridized carbons (Fsp3) is 0.292. The van der Waals surface area contributed by atoms with Crippen molar-refractivity contribution in [3.05, 3.63) is 81.4 Å². The first-order valence-corrected chi connectivity index (χ1v) is 11.6. The lowest BCUT2D eigenvalue weighted by Gasteiger charge is -2.27. The molecule has 1 saturated heterocycles. The summed E-state index contributed by atoms with van der Waals surface area (Å²) in [5, 5.41) is 5.08. The summed E-state index contributed by atoms with van der Waals surface area (Å²) in [5.74, 6) is -0.512. The predicted molar refractivity (Wildman–Crippen MR) is 120 cm³/mol. The average Bonchev–Trinajstić information content (AvgIpc) is 3.61. The number of thiophene rings is 1. The van der Waals surface area contributed by atoms with Gasteiger partial charge >= 0.3 is 0 Å². The number of nitrogens with one attached hydrogen (secondary N) is 1. The average molecular weight is 450 g/mol. The van der Waals surface area contributed by atoms with E-state index in [1.165, 1.54) is 30.0 Å². The molecular weight excluding hydrogens is 426 g/mol. The summed E-state index contributed by atoms with van der Waals surface area (Å²) in [5.41, 5.74) is 0.936. The molecule has 0 aliphatic carbocycles. The van der Waals surface area contributed by atoms with Crippen LogP contribution in [0.2, 0.25) is 0 Å². The molecule has 32 heavy (non-hydrogen) atoms. The number of amides is 3. The number of imide groups is 1. The maximum absolute atomic E-state index is 12.9. The fourth-order valence-corrected chi connectivity index (χ4v) is 5.23. The van der Waals surface area contributed by atoms with Gasteiger partial charge in [-0.15, -0.1) is 11.3 Å². The Hall–Kier alpha value is -3.23. The van der Waals surface area contributed by atoms with Crippen molar-refractivity contribution in [3.63, 3.8) is 0 Å². The Kier molecular flexibility index (Phi) is 5.63. The number of benzene rings is 1. The van der Waals surface area contributed by atoms with Crippen molar-refractivity contribution < 1.29 is 18.8 Å². The van der Waals surface area contributed by atoms with Crippen LogP contribution in [0.15, 0.2) is 58.5 Å². The Balaban J connectivity index is 1.30. The molecule has 5 rings (SSSR count). The molecule has 3 aromatic rings. The molecule has 2 aliphatic heterocycles.